The molecule has 1 aromatic rings. The van der Waals surface area contributed by atoms with Gasteiger partial charge in [0.15, 0.2) is 0 Å². The summed E-state index contributed by atoms with van der Waals surface area (Å²) in [6, 6.07) is -0.987. The first-order valence-corrected chi connectivity index (χ1v) is 8.11. The van der Waals surface area contributed by atoms with Gasteiger partial charge in [-0.25, -0.2) is 9.78 Å². The van der Waals surface area contributed by atoms with Gasteiger partial charge in [0.1, 0.15) is 11.7 Å². The number of carbonyl (C=O) groups excluding carboxylic acids is 1. The van der Waals surface area contributed by atoms with E-state index in [0.717, 1.165) is 5.01 Å². The van der Waals surface area contributed by atoms with Crippen LogP contribution in [0.2, 0.25) is 0 Å². The molecule has 0 fully saturated rings. The predicted octanol–water partition coefficient (Wildman–Crippen LogP) is 2.65. The lowest BCUT2D eigenvalue weighted by Crippen LogP contribution is -2.42. The summed E-state index contributed by atoms with van der Waals surface area (Å²) in [5.74, 6) is -1.31. The first-order valence-electron chi connectivity index (χ1n) is 7.23. The van der Waals surface area contributed by atoms with Gasteiger partial charge in [0, 0.05) is 24.3 Å². The monoisotopic (exact) mass is 328 g/mol. The second-order valence-electron chi connectivity index (χ2n) is 6.34. The Hall–Kier alpha value is -1.47. The first-order chi connectivity index (χ1) is 10.1. The zero-order chi connectivity index (χ0) is 16.9. The van der Waals surface area contributed by atoms with E-state index in [1.165, 1.54) is 11.3 Å². The molecule has 1 aromatic heterocycles. The van der Waals surface area contributed by atoms with Gasteiger partial charge in [-0.3, -0.25) is 4.79 Å². The molecule has 1 unspecified atom stereocenters. The fraction of sp³-hybridized carbons (Fsp3) is 0.667. The standard InChI is InChI=1S/C15H24N2O4S/c1-9(2)13-17-11(8-22-13)12(18)16-10(14(19)20)6-7-21-15(3,4)5/h8-10H,6-7H2,1-5H3,(H,16,18)(H,19,20). The number of carboxylic acid groups (broad SMARTS) is 1. The molecular formula is C15H24N2O4S. The highest BCUT2D eigenvalue weighted by Gasteiger charge is 2.23. The van der Waals surface area contributed by atoms with Crippen LogP contribution in [-0.4, -0.2) is 40.2 Å². The molecule has 0 radical (unpaired) electrons. The summed E-state index contributed by atoms with van der Waals surface area (Å²) in [6.45, 7) is 9.92. The maximum absolute atomic E-state index is 12.1. The molecule has 6 nitrogen and oxygen atoms in total. The van der Waals surface area contributed by atoms with Gasteiger partial charge in [0.05, 0.1) is 10.6 Å². The van der Waals surface area contributed by atoms with Gasteiger partial charge in [-0.2, -0.15) is 0 Å². The minimum Gasteiger partial charge on any atom is -0.480 e. The van der Waals surface area contributed by atoms with Crippen molar-refractivity contribution < 1.29 is 19.4 Å². The Bertz CT molecular complexity index is 520. The van der Waals surface area contributed by atoms with Crippen molar-refractivity contribution in [1.82, 2.24) is 10.3 Å². The van der Waals surface area contributed by atoms with Crippen LogP contribution in [0, 0.1) is 0 Å². The van der Waals surface area contributed by atoms with Crippen LogP contribution in [0.4, 0.5) is 0 Å². The average Bonchev–Trinajstić information content (AvgIpc) is 2.85. The highest BCUT2D eigenvalue weighted by molar-refractivity contribution is 7.09. The van der Waals surface area contributed by atoms with Crippen LogP contribution in [-0.2, 0) is 9.53 Å². The maximum Gasteiger partial charge on any atom is 0.326 e. The van der Waals surface area contributed by atoms with Gasteiger partial charge in [-0.15, -0.1) is 11.3 Å². The van der Waals surface area contributed by atoms with Crippen LogP contribution >= 0.6 is 11.3 Å². The molecule has 2 N–H and O–H groups in total. The zero-order valence-corrected chi connectivity index (χ0v) is 14.5. The number of aliphatic carboxylic acids is 1. The summed E-state index contributed by atoms with van der Waals surface area (Å²) < 4.78 is 5.50. The molecule has 7 heteroatoms. The number of amides is 1. The third kappa shape index (κ3) is 6.11. The van der Waals surface area contributed by atoms with Crippen molar-refractivity contribution >= 4 is 23.2 Å². The summed E-state index contributed by atoms with van der Waals surface area (Å²) >= 11 is 1.40. The van der Waals surface area contributed by atoms with Crippen LogP contribution in [0.1, 0.15) is 62.5 Å². The van der Waals surface area contributed by atoms with E-state index in [0.29, 0.717) is 0 Å². The number of nitrogens with one attached hydrogen (secondary N) is 1. The van der Waals surface area contributed by atoms with E-state index in [9.17, 15) is 14.7 Å². The van der Waals surface area contributed by atoms with Gasteiger partial charge in [0.2, 0.25) is 0 Å². The number of hydrogen-bond acceptors (Lipinski definition) is 5. The van der Waals surface area contributed by atoms with E-state index in [4.69, 9.17) is 4.74 Å². The molecule has 0 aliphatic rings. The summed E-state index contributed by atoms with van der Waals surface area (Å²) in [6.07, 6.45) is 0.208. The molecule has 0 aliphatic carbocycles. The smallest absolute Gasteiger partial charge is 0.326 e. The van der Waals surface area contributed by atoms with E-state index in [1.54, 1.807) is 5.38 Å². The van der Waals surface area contributed by atoms with Gasteiger partial charge >= 0.3 is 5.97 Å². The molecule has 0 aromatic carbocycles. The Balaban J connectivity index is 2.62. The highest BCUT2D eigenvalue weighted by Crippen LogP contribution is 2.19. The molecule has 22 heavy (non-hydrogen) atoms. The third-order valence-corrected chi connectivity index (χ3v) is 3.94. The molecular weight excluding hydrogens is 304 g/mol. The molecule has 0 spiro atoms. The largest absolute Gasteiger partial charge is 0.480 e. The summed E-state index contributed by atoms with van der Waals surface area (Å²) in [7, 11) is 0. The summed E-state index contributed by atoms with van der Waals surface area (Å²) in [4.78, 5) is 27.6. The van der Waals surface area contributed by atoms with E-state index in [2.05, 4.69) is 10.3 Å². The zero-order valence-electron chi connectivity index (χ0n) is 13.7. The van der Waals surface area contributed by atoms with Crippen molar-refractivity contribution in [2.75, 3.05) is 6.61 Å². The van der Waals surface area contributed by atoms with Crippen molar-refractivity contribution in [2.45, 2.75) is 58.6 Å². The molecule has 1 rings (SSSR count). The second kappa shape index (κ2) is 7.69. The fourth-order valence-electron chi connectivity index (χ4n) is 1.63. The Morgan fingerprint density at radius 2 is 2.05 bits per heavy atom. The predicted molar refractivity (Wildman–Crippen MR) is 85.4 cm³/mol. The van der Waals surface area contributed by atoms with Crippen LogP contribution in [0.3, 0.4) is 0 Å². The molecule has 1 amide bonds. The molecule has 0 saturated carbocycles. The molecule has 0 saturated heterocycles. The minimum atomic E-state index is -1.08. The Kier molecular flexibility index (Phi) is 6.49. The van der Waals surface area contributed by atoms with Crippen molar-refractivity contribution in [1.29, 1.82) is 0 Å². The number of carboxylic acids is 1. The lowest BCUT2D eigenvalue weighted by Gasteiger charge is -2.21. The number of nitrogens with zero attached hydrogens (tertiary/aromatic N) is 1. The Morgan fingerprint density at radius 1 is 1.41 bits per heavy atom. The number of carbonyl (C=O) groups is 2. The Morgan fingerprint density at radius 3 is 2.50 bits per heavy atom. The number of thiazole rings is 1. The van der Waals surface area contributed by atoms with Crippen molar-refractivity contribution in [3.8, 4) is 0 Å². The topological polar surface area (TPSA) is 88.5 Å². The lowest BCUT2D eigenvalue weighted by atomic mass is 10.1. The normalized spacial score (nSPS) is 13.2. The second-order valence-corrected chi connectivity index (χ2v) is 7.23. The van der Waals surface area contributed by atoms with E-state index < -0.39 is 17.9 Å². The van der Waals surface area contributed by atoms with Crippen LogP contribution in [0.15, 0.2) is 5.38 Å². The first kappa shape index (κ1) is 18.6. The van der Waals surface area contributed by atoms with Crippen LogP contribution in [0.25, 0.3) is 0 Å². The van der Waals surface area contributed by atoms with Crippen LogP contribution < -0.4 is 5.32 Å². The maximum atomic E-state index is 12.1. The third-order valence-electron chi connectivity index (χ3n) is 2.79. The molecule has 0 bridgehead atoms. The molecule has 0 aliphatic heterocycles. The van der Waals surface area contributed by atoms with Gasteiger partial charge in [-0.05, 0) is 20.8 Å². The highest BCUT2D eigenvalue weighted by atomic mass is 32.1. The Labute approximate surface area is 134 Å². The van der Waals surface area contributed by atoms with E-state index in [-0.39, 0.29) is 30.2 Å². The number of ether oxygens (including phenoxy) is 1. The number of hydrogen-bond donors (Lipinski definition) is 2. The SMILES string of the molecule is CC(C)c1nc(C(=O)NC(CCOC(C)(C)C)C(=O)O)cs1. The average molecular weight is 328 g/mol. The number of rotatable bonds is 7. The van der Waals surface area contributed by atoms with E-state index in [1.807, 2.05) is 34.6 Å². The molecule has 1 heterocycles. The quantitative estimate of drug-likeness (QED) is 0.803. The number of aromatic nitrogens is 1. The summed E-state index contributed by atoms with van der Waals surface area (Å²) in [5, 5.41) is 14.2. The van der Waals surface area contributed by atoms with Crippen molar-refractivity contribution in [3.05, 3.63) is 16.1 Å². The van der Waals surface area contributed by atoms with E-state index >= 15 is 0 Å². The molecule has 1 atom stereocenters. The van der Waals surface area contributed by atoms with Crippen molar-refractivity contribution in [2.24, 2.45) is 0 Å². The minimum absolute atomic E-state index is 0.208. The van der Waals surface area contributed by atoms with Crippen molar-refractivity contribution in [3.63, 3.8) is 0 Å². The lowest BCUT2D eigenvalue weighted by molar-refractivity contribution is -0.140. The van der Waals surface area contributed by atoms with Gasteiger partial charge in [-0.1, -0.05) is 13.8 Å². The van der Waals surface area contributed by atoms with Crippen LogP contribution in [0.5, 0.6) is 0 Å². The molecule has 124 valence electrons. The fourth-order valence-corrected chi connectivity index (χ4v) is 2.44. The van der Waals surface area contributed by atoms with Gasteiger partial charge < -0.3 is 15.2 Å². The van der Waals surface area contributed by atoms with Gasteiger partial charge in [0.25, 0.3) is 5.91 Å². The summed E-state index contributed by atoms with van der Waals surface area (Å²) in [5.41, 5.74) is -0.0783.